The molecule has 2 fully saturated rings. The summed E-state index contributed by atoms with van der Waals surface area (Å²) < 4.78 is 0. The summed E-state index contributed by atoms with van der Waals surface area (Å²) in [6, 6.07) is 0. The maximum atomic E-state index is 12.6. The van der Waals surface area contributed by atoms with Crippen molar-refractivity contribution in [3.05, 3.63) is 0 Å². The molecule has 1 amide bonds. The van der Waals surface area contributed by atoms with Crippen molar-refractivity contribution in [2.24, 2.45) is 11.3 Å². The summed E-state index contributed by atoms with van der Waals surface area (Å²) in [7, 11) is 0. The van der Waals surface area contributed by atoms with Crippen LogP contribution in [-0.4, -0.2) is 72.0 Å². The van der Waals surface area contributed by atoms with Crippen molar-refractivity contribution in [3.8, 4) is 0 Å². The Kier molecular flexibility index (Phi) is 5.78. The summed E-state index contributed by atoms with van der Waals surface area (Å²) >= 11 is 0. The highest BCUT2D eigenvalue weighted by Gasteiger charge is 2.31. The topological polar surface area (TPSA) is 26.8 Å². The number of piperidine rings is 1. The lowest BCUT2D eigenvalue weighted by molar-refractivity contribution is -0.135. The number of hydrogen-bond acceptors (Lipinski definition) is 3. The fourth-order valence-corrected chi connectivity index (χ4v) is 3.86. The molecule has 134 valence electrons. The second kappa shape index (κ2) is 7.10. The Morgan fingerprint density at radius 1 is 0.870 bits per heavy atom. The van der Waals surface area contributed by atoms with E-state index in [0.717, 1.165) is 58.0 Å². The first-order valence-electron chi connectivity index (χ1n) is 9.32. The van der Waals surface area contributed by atoms with Crippen LogP contribution in [0.5, 0.6) is 0 Å². The molecule has 0 radical (unpaired) electrons. The van der Waals surface area contributed by atoms with Gasteiger partial charge in [0.1, 0.15) is 0 Å². The largest absolute Gasteiger partial charge is 0.342 e. The second-order valence-corrected chi connectivity index (χ2v) is 9.46. The van der Waals surface area contributed by atoms with Gasteiger partial charge in [0.2, 0.25) is 5.91 Å². The molecular weight excluding hydrogens is 286 g/mol. The van der Waals surface area contributed by atoms with Gasteiger partial charge >= 0.3 is 0 Å². The Labute approximate surface area is 143 Å². The third-order valence-electron chi connectivity index (χ3n) is 5.75. The van der Waals surface area contributed by atoms with Crippen LogP contribution < -0.4 is 0 Å². The molecule has 0 N–H and O–H groups in total. The van der Waals surface area contributed by atoms with Crippen molar-refractivity contribution in [2.75, 3.05) is 45.8 Å². The first-order valence-corrected chi connectivity index (χ1v) is 9.32. The molecule has 4 heteroatoms. The standard InChI is InChI=1S/C19H37N3O/c1-18(2,3)16-7-9-21(10-8-16)17(23)15-20-11-13-22(14-12-20)19(4,5)6/h16H,7-15H2,1-6H3. The number of hydrogen-bond donors (Lipinski definition) is 0. The molecule has 2 rings (SSSR count). The number of carbonyl (C=O) groups excluding carboxylic acids is 1. The maximum Gasteiger partial charge on any atom is 0.236 e. The SMILES string of the molecule is CC(C)(C)C1CCN(C(=O)CN2CCN(C(C)(C)C)CC2)CC1. The van der Waals surface area contributed by atoms with Crippen LogP contribution in [0.4, 0.5) is 0 Å². The highest BCUT2D eigenvalue weighted by atomic mass is 16.2. The zero-order valence-electron chi connectivity index (χ0n) is 16.2. The normalized spacial score (nSPS) is 23.3. The molecule has 2 aliphatic heterocycles. The van der Waals surface area contributed by atoms with Crippen LogP contribution in [0.2, 0.25) is 0 Å². The molecule has 0 spiro atoms. The van der Waals surface area contributed by atoms with Gasteiger partial charge in [0.15, 0.2) is 0 Å². The van der Waals surface area contributed by atoms with E-state index in [-0.39, 0.29) is 5.54 Å². The monoisotopic (exact) mass is 323 g/mol. The zero-order chi connectivity index (χ0) is 17.3. The van der Waals surface area contributed by atoms with Gasteiger partial charge in [-0.1, -0.05) is 20.8 Å². The van der Waals surface area contributed by atoms with E-state index in [4.69, 9.17) is 0 Å². The van der Waals surface area contributed by atoms with Crippen LogP contribution in [0.1, 0.15) is 54.4 Å². The molecule has 23 heavy (non-hydrogen) atoms. The van der Waals surface area contributed by atoms with Crippen molar-refractivity contribution < 1.29 is 4.79 Å². The van der Waals surface area contributed by atoms with Gasteiger partial charge < -0.3 is 4.90 Å². The predicted octanol–water partition coefficient (Wildman–Crippen LogP) is 2.69. The quantitative estimate of drug-likeness (QED) is 0.782. The Bertz CT molecular complexity index is 392. The number of carbonyl (C=O) groups is 1. The summed E-state index contributed by atoms with van der Waals surface area (Å²) in [5.41, 5.74) is 0.614. The Morgan fingerprint density at radius 2 is 1.39 bits per heavy atom. The number of rotatable bonds is 2. The summed E-state index contributed by atoms with van der Waals surface area (Å²) in [6.07, 6.45) is 2.32. The second-order valence-electron chi connectivity index (χ2n) is 9.46. The van der Waals surface area contributed by atoms with Crippen molar-refractivity contribution in [1.29, 1.82) is 0 Å². The van der Waals surface area contributed by atoms with E-state index < -0.39 is 0 Å². The van der Waals surface area contributed by atoms with E-state index in [9.17, 15) is 4.79 Å². The molecule has 2 aliphatic rings. The van der Waals surface area contributed by atoms with Gasteiger partial charge in [-0.15, -0.1) is 0 Å². The fourth-order valence-electron chi connectivity index (χ4n) is 3.86. The first kappa shape index (κ1) is 18.7. The van der Waals surface area contributed by atoms with E-state index in [1.807, 2.05) is 0 Å². The van der Waals surface area contributed by atoms with Gasteiger partial charge in [-0.05, 0) is 44.9 Å². The van der Waals surface area contributed by atoms with Gasteiger partial charge in [-0.2, -0.15) is 0 Å². The third kappa shape index (κ3) is 5.18. The molecule has 4 nitrogen and oxygen atoms in total. The summed E-state index contributed by atoms with van der Waals surface area (Å²) in [5.74, 6) is 1.09. The van der Waals surface area contributed by atoms with Gasteiger partial charge in [0.05, 0.1) is 6.54 Å². The molecule has 0 bridgehead atoms. The lowest BCUT2D eigenvalue weighted by atomic mass is 9.75. The van der Waals surface area contributed by atoms with Crippen LogP contribution in [0, 0.1) is 11.3 Å². The van der Waals surface area contributed by atoms with Crippen LogP contribution in [0.25, 0.3) is 0 Å². The molecule has 0 saturated carbocycles. The van der Waals surface area contributed by atoms with Crippen molar-refractivity contribution in [2.45, 2.75) is 59.9 Å². The molecule has 0 aromatic carbocycles. The van der Waals surface area contributed by atoms with Crippen LogP contribution in [0.3, 0.4) is 0 Å². The third-order valence-corrected chi connectivity index (χ3v) is 5.75. The summed E-state index contributed by atoms with van der Waals surface area (Å²) in [5, 5.41) is 0. The number of likely N-dealkylation sites (tertiary alicyclic amines) is 1. The molecule has 0 unspecified atom stereocenters. The van der Waals surface area contributed by atoms with Gasteiger partial charge in [0.25, 0.3) is 0 Å². The lowest BCUT2D eigenvalue weighted by Gasteiger charge is -2.43. The minimum Gasteiger partial charge on any atom is -0.342 e. The fraction of sp³-hybridized carbons (Fsp3) is 0.947. The first-order chi connectivity index (χ1) is 10.6. The highest BCUT2D eigenvalue weighted by Crippen LogP contribution is 2.34. The summed E-state index contributed by atoms with van der Waals surface area (Å²) in [6.45, 7) is 20.5. The molecule has 0 atom stereocenters. The molecule has 2 saturated heterocycles. The average molecular weight is 324 g/mol. The van der Waals surface area contributed by atoms with E-state index >= 15 is 0 Å². The van der Waals surface area contributed by atoms with Crippen LogP contribution >= 0.6 is 0 Å². The number of nitrogens with zero attached hydrogens (tertiary/aromatic N) is 3. The van der Waals surface area contributed by atoms with Gasteiger partial charge in [-0.3, -0.25) is 14.6 Å². The van der Waals surface area contributed by atoms with Crippen molar-refractivity contribution in [3.63, 3.8) is 0 Å². The molecule has 2 heterocycles. The van der Waals surface area contributed by atoms with Crippen molar-refractivity contribution in [1.82, 2.24) is 14.7 Å². The minimum absolute atomic E-state index is 0.241. The van der Waals surface area contributed by atoms with E-state index in [0.29, 0.717) is 17.9 Å². The molecular formula is C19H37N3O. The van der Waals surface area contributed by atoms with Crippen LogP contribution in [-0.2, 0) is 4.79 Å². The number of amides is 1. The predicted molar refractivity (Wildman–Crippen MR) is 96.5 cm³/mol. The number of piperazine rings is 1. The van der Waals surface area contributed by atoms with E-state index in [1.165, 1.54) is 0 Å². The Morgan fingerprint density at radius 3 is 1.83 bits per heavy atom. The average Bonchev–Trinajstić information content (AvgIpc) is 2.46. The molecule has 0 aliphatic carbocycles. The zero-order valence-corrected chi connectivity index (χ0v) is 16.2. The van der Waals surface area contributed by atoms with E-state index in [2.05, 4.69) is 56.2 Å². The lowest BCUT2D eigenvalue weighted by Crippen LogP contribution is -2.55. The summed E-state index contributed by atoms with van der Waals surface area (Å²) in [4.78, 5) is 19.5. The molecule has 0 aromatic heterocycles. The van der Waals surface area contributed by atoms with Crippen molar-refractivity contribution >= 4 is 5.91 Å². The highest BCUT2D eigenvalue weighted by molar-refractivity contribution is 5.78. The maximum absolute atomic E-state index is 12.6. The smallest absolute Gasteiger partial charge is 0.236 e. The van der Waals surface area contributed by atoms with E-state index in [1.54, 1.807) is 0 Å². The van der Waals surface area contributed by atoms with Gasteiger partial charge in [-0.25, -0.2) is 0 Å². The Balaban J connectivity index is 1.74. The Hall–Kier alpha value is -0.610. The minimum atomic E-state index is 0.241. The molecule has 0 aromatic rings. The van der Waals surface area contributed by atoms with Crippen LogP contribution in [0.15, 0.2) is 0 Å². The van der Waals surface area contributed by atoms with Gasteiger partial charge in [0, 0.05) is 44.8 Å².